The van der Waals surface area contributed by atoms with Crippen LogP contribution in [0.5, 0.6) is 0 Å². The molecule has 0 N–H and O–H groups in total. The summed E-state index contributed by atoms with van der Waals surface area (Å²) in [6.45, 7) is 2.31. The molecule has 1 aromatic rings. The van der Waals surface area contributed by atoms with Crippen molar-refractivity contribution in [2.75, 3.05) is 6.54 Å². The third-order valence-corrected chi connectivity index (χ3v) is 3.37. The maximum atomic E-state index is 12.1. The van der Waals surface area contributed by atoms with Gasteiger partial charge >= 0.3 is 0 Å². The van der Waals surface area contributed by atoms with E-state index in [4.69, 9.17) is 0 Å². The van der Waals surface area contributed by atoms with Gasteiger partial charge in [0.15, 0.2) is 0 Å². The molecular weight excluding hydrogens is 204 g/mol. The van der Waals surface area contributed by atoms with Crippen molar-refractivity contribution in [3.05, 3.63) is 23.5 Å². The zero-order chi connectivity index (χ0) is 11.3. The van der Waals surface area contributed by atoms with Crippen LogP contribution in [-0.4, -0.2) is 33.9 Å². The maximum Gasteiger partial charge on any atom is 0.255 e. The number of carbonyl (C=O) groups is 2. The van der Waals surface area contributed by atoms with Crippen LogP contribution in [0, 0.1) is 0 Å². The molecule has 1 aromatic heterocycles. The number of rotatable bonds is 1. The van der Waals surface area contributed by atoms with Gasteiger partial charge in [-0.15, -0.1) is 0 Å². The van der Waals surface area contributed by atoms with Gasteiger partial charge < -0.3 is 4.90 Å². The minimum atomic E-state index is -0.0415. The number of amides is 1. The summed E-state index contributed by atoms with van der Waals surface area (Å²) >= 11 is 0. The monoisotopic (exact) mass is 218 g/mol. The molecular formula is C12H14N2O2. The van der Waals surface area contributed by atoms with Gasteiger partial charge in [-0.3, -0.25) is 14.2 Å². The smallest absolute Gasteiger partial charge is 0.255 e. The van der Waals surface area contributed by atoms with Gasteiger partial charge in [0.1, 0.15) is 0 Å². The molecule has 0 aromatic carbocycles. The molecule has 1 fully saturated rings. The van der Waals surface area contributed by atoms with Gasteiger partial charge in [0, 0.05) is 31.9 Å². The predicted octanol–water partition coefficient (Wildman–Crippen LogP) is 1.31. The van der Waals surface area contributed by atoms with E-state index >= 15 is 0 Å². The van der Waals surface area contributed by atoms with Crippen LogP contribution >= 0.6 is 0 Å². The Kier molecular flexibility index (Phi) is 1.93. The first kappa shape index (κ1) is 9.63. The third kappa shape index (κ3) is 1.37. The van der Waals surface area contributed by atoms with Gasteiger partial charge in [0.25, 0.3) is 5.91 Å². The molecule has 1 amide bonds. The molecule has 0 atom stereocenters. The highest BCUT2D eigenvalue weighted by atomic mass is 16.2. The quantitative estimate of drug-likeness (QED) is 0.713. The van der Waals surface area contributed by atoms with Crippen molar-refractivity contribution in [3.8, 4) is 0 Å². The average molecular weight is 218 g/mol. The van der Waals surface area contributed by atoms with E-state index in [1.807, 2.05) is 4.90 Å². The van der Waals surface area contributed by atoms with Crippen molar-refractivity contribution >= 4 is 11.8 Å². The normalized spacial score (nSPS) is 19.8. The highest BCUT2D eigenvalue weighted by Crippen LogP contribution is 2.31. The van der Waals surface area contributed by atoms with Gasteiger partial charge in [-0.2, -0.15) is 0 Å². The van der Waals surface area contributed by atoms with Crippen molar-refractivity contribution in [2.24, 2.45) is 0 Å². The van der Waals surface area contributed by atoms with Crippen LogP contribution in [0.2, 0.25) is 0 Å². The van der Waals surface area contributed by atoms with Crippen molar-refractivity contribution in [3.63, 3.8) is 0 Å². The van der Waals surface area contributed by atoms with Crippen molar-refractivity contribution in [1.82, 2.24) is 9.47 Å². The molecule has 1 aliphatic heterocycles. The Morgan fingerprint density at radius 1 is 1.38 bits per heavy atom. The average Bonchev–Trinajstić information content (AvgIpc) is 2.96. The second-order valence-electron chi connectivity index (χ2n) is 4.60. The fourth-order valence-electron chi connectivity index (χ4n) is 2.30. The number of carbonyl (C=O) groups excluding carboxylic acids is 2. The second kappa shape index (κ2) is 3.20. The van der Waals surface area contributed by atoms with E-state index in [0.717, 1.165) is 31.4 Å². The molecule has 16 heavy (non-hydrogen) atoms. The van der Waals surface area contributed by atoms with E-state index in [-0.39, 0.29) is 11.8 Å². The van der Waals surface area contributed by atoms with Gasteiger partial charge in [0.05, 0.1) is 5.56 Å². The summed E-state index contributed by atoms with van der Waals surface area (Å²) in [5.74, 6) is 0.0592. The maximum absolute atomic E-state index is 12.1. The molecule has 3 rings (SSSR count). The summed E-state index contributed by atoms with van der Waals surface area (Å²) in [5.41, 5.74) is 1.73. The van der Waals surface area contributed by atoms with Crippen molar-refractivity contribution < 1.29 is 9.59 Å². The first-order chi connectivity index (χ1) is 7.66. The van der Waals surface area contributed by atoms with Gasteiger partial charge in [-0.05, 0) is 24.8 Å². The summed E-state index contributed by atoms with van der Waals surface area (Å²) in [5, 5.41) is 0. The predicted molar refractivity (Wildman–Crippen MR) is 58.5 cm³/mol. The van der Waals surface area contributed by atoms with Crippen LogP contribution in [0.25, 0.3) is 0 Å². The Morgan fingerprint density at radius 3 is 2.75 bits per heavy atom. The standard InChI is InChI=1S/C12H14N2O2/c1-8(15)13-6-9-4-5-14(10-2-3-10)12(16)11(9)7-13/h6-7,10H,2-5H2,1H3. The van der Waals surface area contributed by atoms with Crippen LogP contribution in [0.15, 0.2) is 12.4 Å². The zero-order valence-electron chi connectivity index (χ0n) is 9.27. The Morgan fingerprint density at radius 2 is 2.12 bits per heavy atom. The number of hydrogen-bond donors (Lipinski definition) is 0. The molecule has 84 valence electrons. The van der Waals surface area contributed by atoms with E-state index in [1.165, 1.54) is 11.5 Å². The number of fused-ring (bicyclic) bond motifs is 1. The van der Waals surface area contributed by atoms with Crippen LogP contribution in [-0.2, 0) is 6.42 Å². The summed E-state index contributed by atoms with van der Waals surface area (Å²) < 4.78 is 1.51. The first-order valence-corrected chi connectivity index (χ1v) is 5.69. The molecule has 4 heteroatoms. The fourth-order valence-corrected chi connectivity index (χ4v) is 2.30. The SMILES string of the molecule is CC(=O)n1cc2c(c1)C(=O)N(C1CC1)CC2. The number of hydrogen-bond acceptors (Lipinski definition) is 2. The molecule has 0 unspecified atom stereocenters. The lowest BCUT2D eigenvalue weighted by atomic mass is 10.0. The molecule has 2 heterocycles. The summed E-state index contributed by atoms with van der Waals surface area (Å²) in [4.78, 5) is 25.3. The highest BCUT2D eigenvalue weighted by Gasteiger charge is 2.36. The molecule has 1 saturated carbocycles. The van der Waals surface area contributed by atoms with Crippen molar-refractivity contribution in [1.29, 1.82) is 0 Å². The zero-order valence-corrected chi connectivity index (χ0v) is 9.27. The Balaban J connectivity index is 1.96. The molecule has 0 radical (unpaired) electrons. The Labute approximate surface area is 93.8 Å². The highest BCUT2D eigenvalue weighted by molar-refractivity contribution is 5.98. The minimum Gasteiger partial charge on any atom is -0.335 e. The third-order valence-electron chi connectivity index (χ3n) is 3.37. The van der Waals surface area contributed by atoms with Crippen LogP contribution < -0.4 is 0 Å². The molecule has 0 spiro atoms. The van der Waals surface area contributed by atoms with E-state index < -0.39 is 0 Å². The van der Waals surface area contributed by atoms with Gasteiger partial charge in [-0.1, -0.05) is 0 Å². The molecule has 0 saturated heterocycles. The fraction of sp³-hybridized carbons (Fsp3) is 0.500. The molecule has 4 nitrogen and oxygen atoms in total. The van der Waals surface area contributed by atoms with E-state index in [9.17, 15) is 9.59 Å². The van der Waals surface area contributed by atoms with Gasteiger partial charge in [0.2, 0.25) is 5.91 Å². The van der Waals surface area contributed by atoms with Crippen molar-refractivity contribution in [2.45, 2.75) is 32.2 Å². The number of aromatic nitrogens is 1. The molecule has 2 aliphatic rings. The lowest BCUT2D eigenvalue weighted by Gasteiger charge is -2.26. The lowest BCUT2D eigenvalue weighted by molar-refractivity contribution is 0.0728. The van der Waals surface area contributed by atoms with E-state index in [2.05, 4.69) is 0 Å². The lowest BCUT2D eigenvalue weighted by Crippen LogP contribution is -2.38. The van der Waals surface area contributed by atoms with E-state index in [0.29, 0.717) is 11.6 Å². The Hall–Kier alpha value is -1.58. The van der Waals surface area contributed by atoms with Crippen LogP contribution in [0.4, 0.5) is 0 Å². The first-order valence-electron chi connectivity index (χ1n) is 5.69. The van der Waals surface area contributed by atoms with Gasteiger partial charge in [-0.25, -0.2) is 0 Å². The largest absolute Gasteiger partial charge is 0.335 e. The van der Waals surface area contributed by atoms with E-state index in [1.54, 1.807) is 12.4 Å². The summed E-state index contributed by atoms with van der Waals surface area (Å²) in [6, 6.07) is 0.460. The Bertz CT molecular complexity index is 471. The summed E-state index contributed by atoms with van der Waals surface area (Å²) in [7, 11) is 0. The minimum absolute atomic E-state index is 0.0415. The second-order valence-corrected chi connectivity index (χ2v) is 4.60. The number of nitrogens with zero attached hydrogens (tertiary/aromatic N) is 2. The van der Waals surface area contributed by atoms with Crippen LogP contribution in [0.1, 0.15) is 40.5 Å². The topological polar surface area (TPSA) is 42.3 Å². The molecule has 1 aliphatic carbocycles. The molecule has 0 bridgehead atoms. The summed E-state index contributed by atoms with van der Waals surface area (Å²) in [6.07, 6.45) is 6.61. The van der Waals surface area contributed by atoms with Crippen LogP contribution in [0.3, 0.4) is 0 Å².